The molecule has 114 valence electrons. The van der Waals surface area contributed by atoms with Gasteiger partial charge in [0.05, 0.1) is 6.04 Å². The Bertz CT molecular complexity index is 1240. The van der Waals surface area contributed by atoms with E-state index in [1.54, 1.807) is 0 Å². The molecule has 1 aliphatic carbocycles. The molecule has 2 heteroatoms. The Morgan fingerprint density at radius 2 is 1.71 bits per heavy atom. The first-order valence-corrected chi connectivity index (χ1v) is 9.19. The van der Waals surface area contributed by atoms with Crippen molar-refractivity contribution in [3.05, 3.63) is 76.0 Å². The van der Waals surface area contributed by atoms with Crippen molar-refractivity contribution in [3.8, 4) is 0 Å². The number of hydrogen-bond acceptors (Lipinski definition) is 2. The molecule has 2 aliphatic rings. The monoisotopic (exact) mass is 325 g/mol. The van der Waals surface area contributed by atoms with Gasteiger partial charge in [0, 0.05) is 26.2 Å². The van der Waals surface area contributed by atoms with Crippen molar-refractivity contribution in [2.75, 3.05) is 5.32 Å². The third-order valence-electron chi connectivity index (χ3n) is 5.34. The number of rotatable bonds is 0. The van der Waals surface area contributed by atoms with Crippen molar-refractivity contribution < 1.29 is 0 Å². The number of fused-ring (bicyclic) bond motifs is 5. The Kier molecular flexibility index (Phi) is 2.39. The highest BCUT2D eigenvalue weighted by Gasteiger charge is 2.29. The summed E-state index contributed by atoms with van der Waals surface area (Å²) in [5, 5.41) is 9.28. The molecule has 3 aromatic carbocycles. The van der Waals surface area contributed by atoms with Gasteiger partial charge in [-0.15, -0.1) is 11.3 Å². The van der Waals surface area contributed by atoms with E-state index in [0.29, 0.717) is 12.0 Å². The third kappa shape index (κ3) is 1.59. The smallest absolute Gasteiger partial charge is 0.0565 e. The maximum absolute atomic E-state index is 3.77. The maximum Gasteiger partial charge on any atom is 0.0565 e. The predicted octanol–water partition coefficient (Wildman–Crippen LogP) is 4.21. The Morgan fingerprint density at radius 1 is 0.833 bits per heavy atom. The molecule has 0 radical (unpaired) electrons. The highest BCUT2D eigenvalue weighted by Crippen LogP contribution is 2.40. The van der Waals surface area contributed by atoms with Crippen LogP contribution in [0.15, 0.2) is 60.7 Å². The minimum Gasteiger partial charge on any atom is -0.377 e. The maximum atomic E-state index is 3.77. The van der Waals surface area contributed by atoms with Gasteiger partial charge in [-0.25, -0.2) is 0 Å². The van der Waals surface area contributed by atoms with Crippen molar-refractivity contribution in [1.29, 1.82) is 0 Å². The number of nitrogens with one attached hydrogen (secondary N) is 1. The first-order valence-electron chi connectivity index (χ1n) is 8.38. The SMILES string of the molecule is C1=c2sc3ccccc3c2=CC2c3cccc4cccc(c34)NC12. The average molecular weight is 325 g/mol. The molecule has 0 fully saturated rings. The van der Waals surface area contributed by atoms with Crippen LogP contribution in [0.5, 0.6) is 0 Å². The fourth-order valence-electron chi connectivity index (χ4n) is 4.29. The lowest BCUT2D eigenvalue weighted by Crippen LogP contribution is -2.37. The van der Waals surface area contributed by atoms with E-state index in [1.165, 1.54) is 41.9 Å². The topological polar surface area (TPSA) is 12.0 Å². The number of anilines is 1. The zero-order chi connectivity index (χ0) is 15.7. The lowest BCUT2D eigenvalue weighted by molar-refractivity contribution is 0.813. The van der Waals surface area contributed by atoms with Crippen molar-refractivity contribution in [2.45, 2.75) is 12.0 Å². The molecule has 1 N–H and O–H groups in total. The Hall–Kier alpha value is -2.58. The molecular weight excluding hydrogens is 310 g/mol. The third-order valence-corrected chi connectivity index (χ3v) is 6.50. The van der Waals surface area contributed by atoms with Gasteiger partial charge in [-0.2, -0.15) is 0 Å². The molecule has 0 spiro atoms. The van der Waals surface area contributed by atoms with Crippen LogP contribution in [0.3, 0.4) is 0 Å². The van der Waals surface area contributed by atoms with E-state index >= 15 is 0 Å². The van der Waals surface area contributed by atoms with E-state index in [0.717, 1.165) is 0 Å². The summed E-state index contributed by atoms with van der Waals surface area (Å²) in [5.74, 6) is 0.397. The summed E-state index contributed by atoms with van der Waals surface area (Å²) in [6.45, 7) is 0. The zero-order valence-electron chi connectivity index (χ0n) is 13.0. The van der Waals surface area contributed by atoms with Gasteiger partial charge < -0.3 is 5.32 Å². The summed E-state index contributed by atoms with van der Waals surface area (Å²) in [5.41, 5.74) is 2.71. The van der Waals surface area contributed by atoms with Crippen LogP contribution in [0, 0.1) is 0 Å². The normalized spacial score (nSPS) is 20.7. The van der Waals surface area contributed by atoms with Crippen molar-refractivity contribution in [2.24, 2.45) is 0 Å². The second-order valence-corrected chi connectivity index (χ2v) is 7.74. The Morgan fingerprint density at radius 3 is 2.67 bits per heavy atom. The molecule has 2 atom stereocenters. The standard InChI is InChI=1S/C22H15NS/c1-2-10-20-14(7-1)17-11-16-15-8-3-5-13-6-4-9-18(22(13)15)23-19(16)12-21(17)24-20/h1-12,16,19,23H. The van der Waals surface area contributed by atoms with Gasteiger partial charge >= 0.3 is 0 Å². The van der Waals surface area contributed by atoms with Gasteiger partial charge in [-0.1, -0.05) is 54.6 Å². The van der Waals surface area contributed by atoms with E-state index in [-0.39, 0.29) is 0 Å². The highest BCUT2D eigenvalue weighted by atomic mass is 32.1. The second kappa shape index (κ2) is 4.49. The minimum absolute atomic E-state index is 0.339. The van der Waals surface area contributed by atoms with E-state index in [2.05, 4.69) is 78.1 Å². The molecule has 6 rings (SSSR count). The van der Waals surface area contributed by atoms with Crippen LogP contribution in [0.25, 0.3) is 33.0 Å². The first kappa shape index (κ1) is 12.8. The van der Waals surface area contributed by atoms with Crippen LogP contribution in [-0.2, 0) is 0 Å². The average Bonchev–Trinajstić information content (AvgIpc) is 2.98. The van der Waals surface area contributed by atoms with Crippen LogP contribution in [0.2, 0.25) is 0 Å². The van der Waals surface area contributed by atoms with Gasteiger partial charge in [0.25, 0.3) is 0 Å². The number of hydrogen-bond donors (Lipinski definition) is 1. The van der Waals surface area contributed by atoms with Crippen molar-refractivity contribution in [1.82, 2.24) is 0 Å². The molecule has 0 saturated carbocycles. The van der Waals surface area contributed by atoms with E-state index in [4.69, 9.17) is 0 Å². The summed E-state index contributed by atoms with van der Waals surface area (Å²) < 4.78 is 2.78. The zero-order valence-corrected chi connectivity index (χ0v) is 13.8. The lowest BCUT2D eigenvalue weighted by Gasteiger charge is -2.33. The molecule has 1 aromatic heterocycles. The number of thiophene rings is 1. The van der Waals surface area contributed by atoms with Gasteiger partial charge in [-0.3, -0.25) is 0 Å². The molecule has 2 unspecified atom stereocenters. The highest BCUT2D eigenvalue weighted by molar-refractivity contribution is 7.17. The number of benzene rings is 3. The molecule has 2 heterocycles. The van der Waals surface area contributed by atoms with Crippen molar-refractivity contribution in [3.63, 3.8) is 0 Å². The van der Waals surface area contributed by atoms with Crippen LogP contribution in [-0.4, -0.2) is 6.04 Å². The van der Waals surface area contributed by atoms with Gasteiger partial charge in [0.15, 0.2) is 0 Å². The summed E-state index contributed by atoms with van der Waals surface area (Å²) in [6, 6.07) is 22.4. The molecule has 1 nitrogen and oxygen atoms in total. The van der Waals surface area contributed by atoms with Gasteiger partial charge in [0.2, 0.25) is 0 Å². The molecule has 0 bridgehead atoms. The second-order valence-electron chi connectivity index (χ2n) is 6.66. The summed E-state index contributed by atoms with van der Waals surface area (Å²) in [4.78, 5) is 0. The Labute approximate surface area is 143 Å². The Balaban J connectivity index is 1.71. The fraction of sp³-hybridized carbons (Fsp3) is 0.0909. The van der Waals surface area contributed by atoms with Crippen LogP contribution in [0.4, 0.5) is 5.69 Å². The summed E-state index contributed by atoms with van der Waals surface area (Å²) in [6.07, 6.45) is 4.91. The predicted molar refractivity (Wildman–Crippen MR) is 104 cm³/mol. The van der Waals surface area contributed by atoms with Crippen LogP contribution >= 0.6 is 11.3 Å². The quantitative estimate of drug-likeness (QED) is 0.511. The van der Waals surface area contributed by atoms with E-state index < -0.39 is 0 Å². The van der Waals surface area contributed by atoms with E-state index in [9.17, 15) is 0 Å². The lowest BCUT2D eigenvalue weighted by atomic mass is 9.81. The van der Waals surface area contributed by atoms with Gasteiger partial charge in [0.1, 0.15) is 0 Å². The van der Waals surface area contributed by atoms with Crippen LogP contribution < -0.4 is 15.1 Å². The largest absolute Gasteiger partial charge is 0.377 e. The molecule has 24 heavy (non-hydrogen) atoms. The summed E-state index contributed by atoms with van der Waals surface area (Å²) in [7, 11) is 0. The molecule has 1 aliphatic heterocycles. The summed E-state index contributed by atoms with van der Waals surface area (Å²) >= 11 is 1.90. The minimum atomic E-state index is 0.339. The van der Waals surface area contributed by atoms with Crippen LogP contribution in [0.1, 0.15) is 11.5 Å². The molecule has 0 saturated heterocycles. The fourth-order valence-corrected chi connectivity index (χ4v) is 5.47. The molecular formula is C22H15NS. The molecule has 0 amide bonds. The van der Waals surface area contributed by atoms with Gasteiger partial charge in [-0.05, 0) is 39.8 Å². The van der Waals surface area contributed by atoms with Crippen molar-refractivity contribution >= 4 is 50.0 Å². The molecule has 4 aromatic rings. The first-order chi connectivity index (χ1) is 11.9. The van der Waals surface area contributed by atoms with E-state index in [1.807, 2.05) is 11.3 Å².